The van der Waals surface area contributed by atoms with E-state index < -0.39 is 6.36 Å². The lowest BCUT2D eigenvalue weighted by Gasteiger charge is -2.32. The number of aromatic nitrogens is 2. The van der Waals surface area contributed by atoms with Crippen molar-refractivity contribution >= 4 is 11.7 Å². The summed E-state index contributed by atoms with van der Waals surface area (Å²) in [5, 5.41) is 2.84. The first kappa shape index (κ1) is 18.9. The molecule has 3 rings (SSSR count). The van der Waals surface area contributed by atoms with Crippen molar-refractivity contribution in [1.82, 2.24) is 15.3 Å². The Morgan fingerprint density at radius 3 is 2.70 bits per heavy atom. The quantitative estimate of drug-likeness (QED) is 0.864. The van der Waals surface area contributed by atoms with E-state index in [1.54, 1.807) is 18.6 Å². The molecule has 1 saturated heterocycles. The Morgan fingerprint density at radius 2 is 2.04 bits per heavy atom. The summed E-state index contributed by atoms with van der Waals surface area (Å²) in [6.07, 6.45) is 1.82. The molecule has 0 radical (unpaired) electrons. The highest BCUT2D eigenvalue weighted by Gasteiger charge is 2.31. The van der Waals surface area contributed by atoms with Crippen LogP contribution < -0.4 is 15.0 Å². The summed E-state index contributed by atoms with van der Waals surface area (Å²) in [6.45, 7) is 1.62. The van der Waals surface area contributed by atoms with Gasteiger partial charge in [0, 0.05) is 32.0 Å². The van der Waals surface area contributed by atoms with Gasteiger partial charge in [-0.05, 0) is 30.5 Å². The third-order valence-corrected chi connectivity index (χ3v) is 4.29. The van der Waals surface area contributed by atoms with E-state index in [1.807, 2.05) is 4.90 Å². The van der Waals surface area contributed by atoms with Gasteiger partial charge in [-0.15, -0.1) is 13.2 Å². The van der Waals surface area contributed by atoms with E-state index in [2.05, 4.69) is 20.0 Å². The predicted molar refractivity (Wildman–Crippen MR) is 91.9 cm³/mol. The molecule has 1 amide bonds. The molecule has 144 valence electrons. The Morgan fingerprint density at radius 1 is 1.26 bits per heavy atom. The van der Waals surface area contributed by atoms with E-state index >= 15 is 0 Å². The third kappa shape index (κ3) is 5.57. The first-order chi connectivity index (χ1) is 12.9. The van der Waals surface area contributed by atoms with Crippen molar-refractivity contribution in [3.05, 3.63) is 48.4 Å². The van der Waals surface area contributed by atoms with E-state index in [0.29, 0.717) is 12.1 Å². The molecule has 1 aliphatic heterocycles. The minimum Gasteiger partial charge on any atom is -0.406 e. The highest BCUT2D eigenvalue weighted by Crippen LogP contribution is 2.23. The van der Waals surface area contributed by atoms with Gasteiger partial charge in [-0.2, -0.15) is 0 Å². The zero-order valence-electron chi connectivity index (χ0n) is 14.4. The molecule has 1 unspecified atom stereocenters. The number of carbonyl (C=O) groups is 1. The van der Waals surface area contributed by atoms with Crippen molar-refractivity contribution in [2.75, 3.05) is 18.0 Å². The Labute approximate surface area is 154 Å². The summed E-state index contributed by atoms with van der Waals surface area (Å²) >= 11 is 0. The maximum Gasteiger partial charge on any atom is 0.573 e. The molecule has 0 aliphatic carbocycles. The summed E-state index contributed by atoms with van der Waals surface area (Å²) in [7, 11) is 0. The van der Waals surface area contributed by atoms with Crippen molar-refractivity contribution in [1.29, 1.82) is 0 Å². The highest BCUT2D eigenvalue weighted by atomic mass is 19.4. The Hall–Kier alpha value is -2.84. The molecule has 2 aromatic rings. The molecule has 1 atom stereocenters. The smallest absolute Gasteiger partial charge is 0.406 e. The van der Waals surface area contributed by atoms with E-state index in [-0.39, 0.29) is 24.1 Å². The number of rotatable bonds is 5. The zero-order valence-corrected chi connectivity index (χ0v) is 14.4. The number of halogens is 3. The van der Waals surface area contributed by atoms with Crippen LogP contribution in [0.2, 0.25) is 0 Å². The Bertz CT molecular complexity index is 753. The van der Waals surface area contributed by atoms with Gasteiger partial charge in [0.05, 0.1) is 12.1 Å². The summed E-state index contributed by atoms with van der Waals surface area (Å²) < 4.78 is 40.3. The maximum absolute atomic E-state index is 12.5. The second kappa shape index (κ2) is 8.24. The molecule has 0 saturated carbocycles. The van der Waals surface area contributed by atoms with Crippen LogP contribution in [-0.2, 0) is 11.3 Å². The molecule has 27 heavy (non-hydrogen) atoms. The lowest BCUT2D eigenvalue weighted by Crippen LogP contribution is -2.43. The molecule has 2 heterocycles. The monoisotopic (exact) mass is 380 g/mol. The van der Waals surface area contributed by atoms with Crippen LogP contribution in [0, 0.1) is 5.92 Å². The number of hydrogen-bond donors (Lipinski definition) is 1. The number of amides is 1. The number of nitrogens with zero attached hydrogens (tertiary/aromatic N) is 3. The molecule has 1 fully saturated rings. The Kier molecular flexibility index (Phi) is 5.78. The van der Waals surface area contributed by atoms with Crippen LogP contribution in [0.5, 0.6) is 5.75 Å². The molecule has 6 nitrogen and oxygen atoms in total. The summed E-state index contributed by atoms with van der Waals surface area (Å²) in [6, 6.07) is 5.44. The van der Waals surface area contributed by atoms with Crippen molar-refractivity contribution < 1.29 is 22.7 Å². The van der Waals surface area contributed by atoms with Crippen LogP contribution in [0.4, 0.5) is 19.0 Å². The number of anilines is 1. The van der Waals surface area contributed by atoms with Crippen LogP contribution in [0.3, 0.4) is 0 Å². The SMILES string of the molecule is O=C(NCc1ccc(OC(F)(F)F)cc1)C1CCCN(c2cnccn2)C1. The largest absolute Gasteiger partial charge is 0.573 e. The number of ether oxygens (including phenoxy) is 1. The normalized spacial score (nSPS) is 17.4. The summed E-state index contributed by atoms with van der Waals surface area (Å²) in [5.41, 5.74) is 0.694. The standard InChI is InChI=1S/C18H19F3N4O2/c19-18(20,21)27-15-5-3-13(4-6-15)10-24-17(26)14-2-1-9-25(12-14)16-11-22-7-8-23-16/h3-8,11,14H,1-2,9-10,12H2,(H,24,26). The van der Waals surface area contributed by atoms with Gasteiger partial charge in [-0.1, -0.05) is 12.1 Å². The van der Waals surface area contributed by atoms with E-state index in [1.165, 1.54) is 24.3 Å². The Balaban J connectivity index is 1.51. The molecule has 9 heteroatoms. The number of hydrogen-bond acceptors (Lipinski definition) is 5. The second-order valence-corrected chi connectivity index (χ2v) is 6.26. The maximum atomic E-state index is 12.5. The lowest BCUT2D eigenvalue weighted by molar-refractivity contribution is -0.274. The fraction of sp³-hybridized carbons (Fsp3) is 0.389. The van der Waals surface area contributed by atoms with Gasteiger partial charge >= 0.3 is 6.36 Å². The minimum atomic E-state index is -4.72. The van der Waals surface area contributed by atoms with Crippen molar-refractivity contribution in [3.63, 3.8) is 0 Å². The molecule has 0 bridgehead atoms. The van der Waals surface area contributed by atoms with Gasteiger partial charge in [0.25, 0.3) is 0 Å². The van der Waals surface area contributed by atoms with Crippen molar-refractivity contribution in [2.24, 2.45) is 5.92 Å². The van der Waals surface area contributed by atoms with Gasteiger partial charge in [-0.3, -0.25) is 9.78 Å². The number of piperidine rings is 1. The van der Waals surface area contributed by atoms with Crippen LogP contribution in [0.15, 0.2) is 42.9 Å². The zero-order chi connectivity index (χ0) is 19.3. The van der Waals surface area contributed by atoms with Gasteiger partial charge < -0.3 is 15.0 Å². The first-order valence-electron chi connectivity index (χ1n) is 8.54. The van der Waals surface area contributed by atoms with Gasteiger partial charge in [0.2, 0.25) is 5.91 Å². The molecule has 1 aliphatic rings. The van der Waals surface area contributed by atoms with Crippen molar-refractivity contribution in [2.45, 2.75) is 25.7 Å². The topological polar surface area (TPSA) is 67.3 Å². The van der Waals surface area contributed by atoms with Gasteiger partial charge in [-0.25, -0.2) is 4.98 Å². The lowest BCUT2D eigenvalue weighted by atomic mass is 9.97. The first-order valence-corrected chi connectivity index (χ1v) is 8.54. The van der Waals surface area contributed by atoms with Crippen LogP contribution >= 0.6 is 0 Å². The summed E-state index contributed by atoms with van der Waals surface area (Å²) in [5.74, 6) is 0.201. The molecular weight excluding hydrogens is 361 g/mol. The van der Waals surface area contributed by atoms with Crippen LogP contribution in [-0.4, -0.2) is 35.3 Å². The molecule has 1 aromatic heterocycles. The minimum absolute atomic E-state index is 0.0841. The van der Waals surface area contributed by atoms with E-state index in [4.69, 9.17) is 0 Å². The molecular formula is C18H19F3N4O2. The number of benzene rings is 1. The van der Waals surface area contributed by atoms with Crippen LogP contribution in [0.1, 0.15) is 18.4 Å². The van der Waals surface area contributed by atoms with E-state index in [9.17, 15) is 18.0 Å². The fourth-order valence-corrected chi connectivity index (χ4v) is 3.00. The molecule has 1 aromatic carbocycles. The van der Waals surface area contributed by atoms with Crippen molar-refractivity contribution in [3.8, 4) is 5.75 Å². The average molecular weight is 380 g/mol. The molecule has 0 spiro atoms. The van der Waals surface area contributed by atoms with Gasteiger partial charge in [0.1, 0.15) is 11.6 Å². The van der Waals surface area contributed by atoms with Gasteiger partial charge in [0.15, 0.2) is 0 Å². The number of carbonyl (C=O) groups excluding carboxylic acids is 1. The highest BCUT2D eigenvalue weighted by molar-refractivity contribution is 5.79. The number of nitrogens with one attached hydrogen (secondary N) is 1. The summed E-state index contributed by atoms with van der Waals surface area (Å²) in [4.78, 5) is 22.8. The van der Waals surface area contributed by atoms with Crippen LogP contribution in [0.25, 0.3) is 0 Å². The van der Waals surface area contributed by atoms with E-state index in [0.717, 1.165) is 25.2 Å². The molecule has 1 N–H and O–H groups in total. The third-order valence-electron chi connectivity index (χ3n) is 4.29. The second-order valence-electron chi connectivity index (χ2n) is 6.26. The number of alkyl halides is 3. The predicted octanol–water partition coefficient (Wildman–Crippen LogP) is 2.91. The average Bonchev–Trinajstić information content (AvgIpc) is 2.67. The fourth-order valence-electron chi connectivity index (χ4n) is 3.00.